The quantitative estimate of drug-likeness (QED) is 0.504. The first kappa shape index (κ1) is 23.1. The number of guanidine groups is 1. The van der Waals surface area contributed by atoms with E-state index in [1.165, 1.54) is 57.3 Å². The van der Waals surface area contributed by atoms with Crippen molar-refractivity contribution in [1.29, 1.82) is 0 Å². The molecule has 0 aromatic heterocycles. The Bertz CT molecular complexity index is 624. The summed E-state index contributed by atoms with van der Waals surface area (Å²) in [6.07, 6.45) is 6.19. The van der Waals surface area contributed by atoms with Crippen LogP contribution in [0, 0.1) is 5.92 Å². The van der Waals surface area contributed by atoms with Gasteiger partial charge < -0.3 is 15.5 Å². The predicted octanol–water partition coefficient (Wildman–Crippen LogP) is 3.72. The van der Waals surface area contributed by atoms with Crippen LogP contribution in [-0.4, -0.2) is 67.1 Å². The first-order valence-corrected chi connectivity index (χ1v) is 12.2. The molecule has 2 fully saturated rings. The molecule has 1 aromatic carbocycles. The fourth-order valence-corrected chi connectivity index (χ4v) is 4.85. The number of nitrogens with zero attached hydrogens (tertiary/aromatic N) is 3. The molecule has 2 atom stereocenters. The standard InChI is InChI=1S/C25H43N5/c1-4-14-29-15-11-22(12-16-29)19-27-25(26-5-2)28-24-13-17-30(21(3)18-24)20-23-9-7-6-8-10-23/h6-10,21-22,24H,4-5,11-20H2,1-3H3,(H2,26,27,28). The molecule has 2 aliphatic rings. The second kappa shape index (κ2) is 12.3. The number of hydrogen-bond acceptors (Lipinski definition) is 3. The van der Waals surface area contributed by atoms with Gasteiger partial charge in [0.1, 0.15) is 0 Å². The van der Waals surface area contributed by atoms with Gasteiger partial charge in [0.25, 0.3) is 0 Å². The lowest BCUT2D eigenvalue weighted by atomic mass is 9.97. The molecule has 168 valence electrons. The molecule has 2 heterocycles. The smallest absolute Gasteiger partial charge is 0.191 e. The summed E-state index contributed by atoms with van der Waals surface area (Å²) in [6, 6.07) is 11.9. The van der Waals surface area contributed by atoms with E-state index in [0.29, 0.717) is 12.1 Å². The average molecular weight is 414 g/mol. The summed E-state index contributed by atoms with van der Waals surface area (Å²) in [7, 11) is 0. The lowest BCUT2D eigenvalue weighted by Gasteiger charge is -2.38. The van der Waals surface area contributed by atoms with Gasteiger partial charge >= 0.3 is 0 Å². The third kappa shape index (κ3) is 7.28. The largest absolute Gasteiger partial charge is 0.357 e. The lowest BCUT2D eigenvalue weighted by molar-refractivity contribution is 0.134. The Morgan fingerprint density at radius 1 is 1.07 bits per heavy atom. The number of piperidine rings is 2. The molecule has 3 rings (SSSR count). The Hall–Kier alpha value is -1.59. The fourth-order valence-electron chi connectivity index (χ4n) is 4.85. The summed E-state index contributed by atoms with van der Waals surface area (Å²) >= 11 is 0. The maximum Gasteiger partial charge on any atom is 0.191 e. The van der Waals surface area contributed by atoms with Crippen molar-refractivity contribution in [3.8, 4) is 0 Å². The van der Waals surface area contributed by atoms with Crippen LogP contribution in [0.4, 0.5) is 0 Å². The highest BCUT2D eigenvalue weighted by molar-refractivity contribution is 5.80. The lowest BCUT2D eigenvalue weighted by Crippen LogP contribution is -2.51. The van der Waals surface area contributed by atoms with E-state index < -0.39 is 0 Å². The van der Waals surface area contributed by atoms with E-state index in [1.807, 2.05) is 0 Å². The van der Waals surface area contributed by atoms with E-state index in [-0.39, 0.29) is 0 Å². The predicted molar refractivity (Wildman–Crippen MR) is 128 cm³/mol. The molecule has 0 aliphatic carbocycles. The maximum absolute atomic E-state index is 4.98. The van der Waals surface area contributed by atoms with Crippen LogP contribution in [0.25, 0.3) is 0 Å². The Labute approximate surface area is 184 Å². The van der Waals surface area contributed by atoms with Gasteiger partial charge in [0.05, 0.1) is 0 Å². The summed E-state index contributed by atoms with van der Waals surface area (Å²) in [5.41, 5.74) is 1.41. The van der Waals surface area contributed by atoms with Gasteiger partial charge in [0, 0.05) is 38.3 Å². The van der Waals surface area contributed by atoms with E-state index in [0.717, 1.165) is 38.1 Å². The topological polar surface area (TPSA) is 42.9 Å². The second-order valence-electron chi connectivity index (χ2n) is 9.18. The van der Waals surface area contributed by atoms with Crippen LogP contribution in [0.2, 0.25) is 0 Å². The molecule has 5 heteroatoms. The van der Waals surface area contributed by atoms with Gasteiger partial charge in [-0.2, -0.15) is 0 Å². The summed E-state index contributed by atoms with van der Waals surface area (Å²) < 4.78 is 0. The van der Waals surface area contributed by atoms with Gasteiger partial charge in [0.2, 0.25) is 0 Å². The molecule has 1 aromatic rings. The highest BCUT2D eigenvalue weighted by Crippen LogP contribution is 2.20. The van der Waals surface area contributed by atoms with Gasteiger partial charge in [-0.15, -0.1) is 0 Å². The molecule has 5 nitrogen and oxygen atoms in total. The number of aliphatic imine (C=N–C) groups is 1. The zero-order chi connectivity index (χ0) is 21.2. The van der Waals surface area contributed by atoms with E-state index in [2.05, 4.69) is 71.5 Å². The Kier molecular flexibility index (Phi) is 9.47. The Morgan fingerprint density at radius 3 is 2.50 bits per heavy atom. The summed E-state index contributed by atoms with van der Waals surface area (Å²) in [4.78, 5) is 10.2. The minimum atomic E-state index is 0.510. The van der Waals surface area contributed by atoms with Gasteiger partial charge in [-0.1, -0.05) is 37.3 Å². The van der Waals surface area contributed by atoms with Crippen molar-refractivity contribution in [2.45, 2.75) is 71.5 Å². The minimum Gasteiger partial charge on any atom is -0.357 e. The third-order valence-corrected chi connectivity index (χ3v) is 6.68. The van der Waals surface area contributed by atoms with Crippen LogP contribution in [0.5, 0.6) is 0 Å². The highest BCUT2D eigenvalue weighted by Gasteiger charge is 2.26. The van der Waals surface area contributed by atoms with Crippen molar-refractivity contribution in [1.82, 2.24) is 20.4 Å². The minimum absolute atomic E-state index is 0.510. The normalized spacial score (nSPS) is 24.7. The van der Waals surface area contributed by atoms with Crippen molar-refractivity contribution in [2.75, 3.05) is 39.3 Å². The molecule has 2 N–H and O–H groups in total. The summed E-state index contributed by atoms with van der Waals surface area (Å²) in [6.45, 7) is 14.6. The van der Waals surface area contributed by atoms with Crippen molar-refractivity contribution in [2.24, 2.45) is 10.9 Å². The molecule has 0 saturated carbocycles. The van der Waals surface area contributed by atoms with Gasteiger partial charge in [-0.3, -0.25) is 9.89 Å². The molecule has 2 unspecified atom stereocenters. The van der Waals surface area contributed by atoms with E-state index in [1.54, 1.807) is 0 Å². The first-order valence-electron chi connectivity index (χ1n) is 12.2. The molecule has 0 spiro atoms. The third-order valence-electron chi connectivity index (χ3n) is 6.68. The Balaban J connectivity index is 1.45. The monoisotopic (exact) mass is 413 g/mol. The molecule has 0 bridgehead atoms. The summed E-state index contributed by atoms with van der Waals surface area (Å²) in [5.74, 6) is 1.75. The van der Waals surface area contributed by atoms with Crippen LogP contribution >= 0.6 is 0 Å². The molecular formula is C25H43N5. The van der Waals surface area contributed by atoms with Gasteiger partial charge in [-0.05, 0) is 77.1 Å². The molecule has 2 saturated heterocycles. The van der Waals surface area contributed by atoms with Crippen LogP contribution in [0.15, 0.2) is 35.3 Å². The van der Waals surface area contributed by atoms with Crippen molar-refractivity contribution < 1.29 is 0 Å². The second-order valence-corrected chi connectivity index (χ2v) is 9.18. The summed E-state index contributed by atoms with van der Waals surface area (Å²) in [5, 5.41) is 7.22. The molecular weight excluding hydrogens is 370 g/mol. The number of likely N-dealkylation sites (tertiary alicyclic amines) is 2. The van der Waals surface area contributed by atoms with E-state index >= 15 is 0 Å². The highest BCUT2D eigenvalue weighted by atomic mass is 15.2. The van der Waals surface area contributed by atoms with Crippen molar-refractivity contribution in [3.05, 3.63) is 35.9 Å². The SMILES string of the molecule is CCCN1CCC(CN=C(NCC)NC2CCN(Cc3ccccc3)C(C)C2)CC1. The Morgan fingerprint density at radius 2 is 1.83 bits per heavy atom. The number of rotatable bonds is 8. The van der Waals surface area contributed by atoms with Crippen LogP contribution < -0.4 is 10.6 Å². The van der Waals surface area contributed by atoms with E-state index in [4.69, 9.17) is 4.99 Å². The maximum atomic E-state index is 4.98. The van der Waals surface area contributed by atoms with Gasteiger partial charge in [-0.25, -0.2) is 0 Å². The molecule has 0 amide bonds. The fraction of sp³-hybridized carbons (Fsp3) is 0.720. The molecule has 2 aliphatic heterocycles. The molecule has 30 heavy (non-hydrogen) atoms. The van der Waals surface area contributed by atoms with Crippen molar-refractivity contribution in [3.63, 3.8) is 0 Å². The number of benzene rings is 1. The number of nitrogens with one attached hydrogen (secondary N) is 2. The first-order chi connectivity index (χ1) is 14.7. The van der Waals surface area contributed by atoms with Crippen LogP contribution in [-0.2, 0) is 6.54 Å². The van der Waals surface area contributed by atoms with Crippen molar-refractivity contribution >= 4 is 5.96 Å². The van der Waals surface area contributed by atoms with Gasteiger partial charge in [0.15, 0.2) is 5.96 Å². The number of hydrogen-bond donors (Lipinski definition) is 2. The molecule has 0 radical (unpaired) electrons. The van der Waals surface area contributed by atoms with Crippen LogP contribution in [0.1, 0.15) is 58.4 Å². The average Bonchev–Trinajstić information content (AvgIpc) is 2.76. The van der Waals surface area contributed by atoms with E-state index in [9.17, 15) is 0 Å². The zero-order valence-corrected chi connectivity index (χ0v) is 19.4. The zero-order valence-electron chi connectivity index (χ0n) is 19.4. The van der Waals surface area contributed by atoms with Crippen LogP contribution in [0.3, 0.4) is 0 Å².